The highest BCUT2D eigenvalue weighted by molar-refractivity contribution is 5.74. The number of hydrogen-bond donors (Lipinski definition) is 3. The van der Waals surface area contributed by atoms with Crippen molar-refractivity contribution in [3.63, 3.8) is 0 Å². The summed E-state index contributed by atoms with van der Waals surface area (Å²) in [5.41, 5.74) is 17.3. The molecule has 1 aromatic rings. The van der Waals surface area contributed by atoms with Crippen LogP contribution in [0.1, 0.15) is 0 Å². The zero-order valence-electron chi connectivity index (χ0n) is 4.81. The van der Waals surface area contributed by atoms with Crippen LogP contribution in [0.3, 0.4) is 0 Å². The van der Waals surface area contributed by atoms with E-state index >= 15 is 0 Å². The van der Waals surface area contributed by atoms with Crippen LogP contribution in [0.15, 0.2) is 6.07 Å². The molecule has 0 spiro atoms. The molecule has 3 heteroatoms. The molecule has 6 N–H and O–H groups in total. The van der Waals surface area contributed by atoms with Gasteiger partial charge >= 0.3 is 0 Å². The Hall–Kier alpha value is -1.56. The van der Waals surface area contributed by atoms with E-state index in [0.717, 1.165) is 0 Å². The van der Waals surface area contributed by atoms with E-state index in [2.05, 4.69) is 12.1 Å². The zero-order valence-corrected chi connectivity index (χ0v) is 4.81. The van der Waals surface area contributed by atoms with E-state index in [1.165, 1.54) is 6.07 Å². The Morgan fingerprint density at radius 3 is 2.33 bits per heavy atom. The van der Waals surface area contributed by atoms with Gasteiger partial charge in [0.15, 0.2) is 0 Å². The maximum atomic E-state index is 5.38. The Morgan fingerprint density at radius 1 is 1.22 bits per heavy atom. The molecule has 9 heavy (non-hydrogen) atoms. The first kappa shape index (κ1) is 5.57. The maximum Gasteiger partial charge on any atom is 0.109 e. The molecular weight excluding hydrogens is 114 g/mol. The summed E-state index contributed by atoms with van der Waals surface area (Å²) in [5, 5.41) is 0. The molecule has 0 aliphatic carbocycles. The van der Waals surface area contributed by atoms with Crippen molar-refractivity contribution in [2.45, 2.75) is 0 Å². The third-order valence-electron chi connectivity index (χ3n) is 1.04. The van der Waals surface area contributed by atoms with Gasteiger partial charge in [0.25, 0.3) is 0 Å². The molecule has 1 aromatic carbocycles. The lowest BCUT2D eigenvalue weighted by Crippen LogP contribution is -1.97. The van der Waals surface area contributed by atoms with Gasteiger partial charge in [-0.05, 0) is 6.07 Å². The standard InChI is InChI=1S/C6H7N3/c7-4-2-1-3-5(8)6(4)9/h2H,7-9H2. The molecule has 0 saturated heterocycles. The lowest BCUT2D eigenvalue weighted by Gasteiger charge is -1.96. The second-order valence-corrected chi connectivity index (χ2v) is 1.70. The Labute approximate surface area is 53.5 Å². The monoisotopic (exact) mass is 121 g/mol. The second-order valence-electron chi connectivity index (χ2n) is 1.70. The van der Waals surface area contributed by atoms with Gasteiger partial charge in [0, 0.05) is 6.07 Å². The summed E-state index contributed by atoms with van der Waals surface area (Å²) in [6, 6.07) is 6.74. The predicted octanol–water partition coefficient (Wildman–Crippen LogP) is 0.0336. The molecule has 0 amide bonds. The number of rotatable bonds is 0. The molecule has 0 bridgehead atoms. The SMILES string of the molecule is Nc1c#ccc(N)c1N. The third kappa shape index (κ3) is 0.820. The van der Waals surface area contributed by atoms with Crippen LogP contribution < -0.4 is 17.2 Å². The van der Waals surface area contributed by atoms with Gasteiger partial charge in [0.05, 0.1) is 11.4 Å². The van der Waals surface area contributed by atoms with E-state index in [9.17, 15) is 0 Å². The quantitative estimate of drug-likeness (QED) is 0.453. The van der Waals surface area contributed by atoms with Crippen LogP contribution in [0.4, 0.5) is 17.1 Å². The normalized spacial score (nSPS) is 8.44. The first-order valence-electron chi connectivity index (χ1n) is 2.44. The van der Waals surface area contributed by atoms with Gasteiger partial charge in [0.2, 0.25) is 0 Å². The summed E-state index contributed by atoms with van der Waals surface area (Å²) < 4.78 is 0. The highest BCUT2D eigenvalue weighted by Gasteiger charge is 1.93. The maximum absolute atomic E-state index is 5.38. The average Bonchev–Trinajstić information content (AvgIpc) is 1.83. The van der Waals surface area contributed by atoms with Crippen molar-refractivity contribution in [3.05, 3.63) is 18.2 Å². The van der Waals surface area contributed by atoms with E-state index in [-0.39, 0.29) is 0 Å². The summed E-state index contributed by atoms with van der Waals surface area (Å²) in [5.74, 6) is 0. The fourth-order valence-corrected chi connectivity index (χ4v) is 0.492. The van der Waals surface area contributed by atoms with Crippen LogP contribution in [-0.4, -0.2) is 0 Å². The van der Waals surface area contributed by atoms with Gasteiger partial charge in [-0.1, -0.05) is 6.07 Å². The van der Waals surface area contributed by atoms with Crippen molar-refractivity contribution in [1.82, 2.24) is 0 Å². The minimum absolute atomic E-state index is 0.356. The third-order valence-corrected chi connectivity index (χ3v) is 1.04. The fourth-order valence-electron chi connectivity index (χ4n) is 0.492. The highest BCUT2D eigenvalue weighted by atomic mass is 14.7. The molecule has 0 radical (unpaired) electrons. The van der Waals surface area contributed by atoms with Crippen LogP contribution in [0, 0.1) is 12.1 Å². The summed E-state index contributed by atoms with van der Waals surface area (Å²) in [4.78, 5) is 0. The Bertz CT molecular complexity index is 199. The first-order valence-corrected chi connectivity index (χ1v) is 2.44. The largest absolute Gasteiger partial charge is 0.396 e. The van der Waals surface area contributed by atoms with E-state index in [1.807, 2.05) is 0 Å². The molecule has 0 aliphatic rings. The Morgan fingerprint density at radius 2 is 1.89 bits per heavy atom. The molecular formula is C6H7N3. The van der Waals surface area contributed by atoms with E-state index < -0.39 is 0 Å². The average molecular weight is 121 g/mol. The number of nitrogen functional groups attached to an aromatic ring is 3. The van der Waals surface area contributed by atoms with Crippen molar-refractivity contribution in [3.8, 4) is 0 Å². The van der Waals surface area contributed by atoms with Crippen molar-refractivity contribution in [2.24, 2.45) is 0 Å². The Balaban J connectivity index is 3.25. The van der Waals surface area contributed by atoms with Gasteiger partial charge in [-0.3, -0.25) is 0 Å². The van der Waals surface area contributed by atoms with Crippen LogP contribution >= 0.6 is 0 Å². The number of hydrogen-bond acceptors (Lipinski definition) is 3. The van der Waals surface area contributed by atoms with Gasteiger partial charge in [-0.15, -0.1) is 0 Å². The predicted molar refractivity (Wildman–Crippen MR) is 37.4 cm³/mol. The van der Waals surface area contributed by atoms with Crippen molar-refractivity contribution in [2.75, 3.05) is 17.2 Å². The lowest BCUT2D eigenvalue weighted by atomic mass is 10.3. The van der Waals surface area contributed by atoms with Crippen LogP contribution in [0.5, 0.6) is 0 Å². The van der Waals surface area contributed by atoms with Crippen LogP contribution in [0.25, 0.3) is 0 Å². The topological polar surface area (TPSA) is 78.1 Å². The van der Waals surface area contributed by atoms with Gasteiger partial charge < -0.3 is 17.2 Å². The molecule has 0 saturated carbocycles. The smallest absolute Gasteiger partial charge is 0.109 e. The molecule has 0 aromatic heterocycles. The van der Waals surface area contributed by atoms with Crippen molar-refractivity contribution >= 4 is 17.1 Å². The van der Waals surface area contributed by atoms with E-state index in [4.69, 9.17) is 17.2 Å². The molecule has 46 valence electrons. The van der Waals surface area contributed by atoms with Gasteiger partial charge in [0.1, 0.15) is 5.69 Å². The van der Waals surface area contributed by atoms with Crippen LogP contribution in [-0.2, 0) is 0 Å². The molecule has 0 unspecified atom stereocenters. The molecule has 3 nitrogen and oxygen atoms in total. The number of nitrogens with two attached hydrogens (primary N) is 3. The molecule has 0 fully saturated rings. The molecule has 0 heterocycles. The van der Waals surface area contributed by atoms with Crippen LogP contribution in [0.2, 0.25) is 0 Å². The minimum atomic E-state index is 0.356. The molecule has 0 atom stereocenters. The fraction of sp³-hybridized carbons (Fsp3) is 0. The lowest BCUT2D eigenvalue weighted by molar-refractivity contribution is 1.67. The van der Waals surface area contributed by atoms with Gasteiger partial charge in [-0.25, -0.2) is 0 Å². The minimum Gasteiger partial charge on any atom is -0.396 e. The summed E-state index contributed by atoms with van der Waals surface area (Å²) in [7, 11) is 0. The second kappa shape index (κ2) is 1.75. The van der Waals surface area contributed by atoms with E-state index in [0.29, 0.717) is 17.1 Å². The molecule has 1 rings (SSSR count). The zero-order chi connectivity index (χ0) is 6.85. The summed E-state index contributed by atoms with van der Waals surface area (Å²) in [6.07, 6.45) is 0. The van der Waals surface area contributed by atoms with Gasteiger partial charge in [-0.2, -0.15) is 0 Å². The Kier molecular flexibility index (Phi) is 1.08. The summed E-state index contributed by atoms with van der Waals surface area (Å²) >= 11 is 0. The highest BCUT2D eigenvalue weighted by Crippen LogP contribution is 2.17. The number of anilines is 3. The van der Waals surface area contributed by atoms with E-state index in [1.54, 1.807) is 0 Å². The summed E-state index contributed by atoms with van der Waals surface area (Å²) in [6.45, 7) is 0. The van der Waals surface area contributed by atoms with Crippen molar-refractivity contribution < 1.29 is 0 Å². The molecule has 0 aliphatic heterocycles. The first-order chi connectivity index (χ1) is 4.22. The van der Waals surface area contributed by atoms with Crippen molar-refractivity contribution in [1.29, 1.82) is 0 Å².